The van der Waals surface area contributed by atoms with Crippen molar-refractivity contribution in [1.29, 1.82) is 0 Å². The summed E-state index contributed by atoms with van der Waals surface area (Å²) in [5, 5.41) is 6.86. The number of hydrogen-bond donors (Lipinski definition) is 2. The van der Waals surface area contributed by atoms with E-state index in [9.17, 15) is 13.2 Å². The summed E-state index contributed by atoms with van der Waals surface area (Å²) >= 11 is 5.88. The Morgan fingerprint density at radius 3 is 2.48 bits per heavy atom. The van der Waals surface area contributed by atoms with Crippen LogP contribution in [-0.2, 0) is 14.6 Å². The Balaban J connectivity index is 1.88. The summed E-state index contributed by atoms with van der Waals surface area (Å²) in [6, 6.07) is 6.47. The molecule has 1 saturated heterocycles. The van der Waals surface area contributed by atoms with Crippen molar-refractivity contribution < 1.29 is 13.2 Å². The van der Waals surface area contributed by atoms with Gasteiger partial charge < -0.3 is 10.6 Å². The van der Waals surface area contributed by atoms with Crippen LogP contribution in [0, 0.1) is 0 Å². The van der Waals surface area contributed by atoms with Crippen molar-refractivity contribution in [3.8, 4) is 0 Å². The van der Waals surface area contributed by atoms with Crippen molar-refractivity contribution in [3.05, 3.63) is 29.3 Å². The van der Waals surface area contributed by atoms with Crippen LogP contribution in [0.25, 0.3) is 0 Å². The van der Waals surface area contributed by atoms with E-state index in [4.69, 9.17) is 11.6 Å². The Morgan fingerprint density at radius 1 is 1.24 bits per heavy atom. The highest BCUT2D eigenvalue weighted by Gasteiger charge is 2.53. The number of nitrogens with one attached hydrogen (secondary N) is 2. The highest BCUT2D eigenvalue weighted by atomic mass is 35.5. The summed E-state index contributed by atoms with van der Waals surface area (Å²) in [5.74, 6) is -0.334. The molecule has 2 fully saturated rings. The molecule has 0 bridgehead atoms. The standard InChI is InChI=1S/C18H25ClN2O3S/c1-13-12-15(8-11-20-13)21-17(22)18(9-2-3-10-18)25(23,24)16-6-4-14(19)5-7-16/h4-7,13,15,20H,2-3,8-12H2,1H3,(H,21,22)/t13-,15+/m1/s1. The van der Waals surface area contributed by atoms with Gasteiger partial charge in [0.05, 0.1) is 4.90 Å². The maximum absolute atomic E-state index is 13.3. The second-order valence-electron chi connectivity index (χ2n) is 7.21. The minimum absolute atomic E-state index is 0.0293. The lowest BCUT2D eigenvalue weighted by atomic mass is 9.98. The molecule has 3 rings (SSSR count). The minimum atomic E-state index is -3.77. The van der Waals surface area contributed by atoms with Crippen LogP contribution in [0.1, 0.15) is 45.4 Å². The van der Waals surface area contributed by atoms with Crippen molar-refractivity contribution >= 4 is 27.3 Å². The second-order valence-corrected chi connectivity index (χ2v) is 9.90. The van der Waals surface area contributed by atoms with Crippen LogP contribution in [0.3, 0.4) is 0 Å². The number of hydrogen-bond acceptors (Lipinski definition) is 4. The van der Waals surface area contributed by atoms with Crippen molar-refractivity contribution in [1.82, 2.24) is 10.6 Å². The molecule has 0 unspecified atom stereocenters. The zero-order valence-electron chi connectivity index (χ0n) is 14.4. The first-order chi connectivity index (χ1) is 11.8. The third kappa shape index (κ3) is 3.57. The maximum atomic E-state index is 13.3. The molecule has 2 aliphatic rings. The Morgan fingerprint density at radius 2 is 1.88 bits per heavy atom. The zero-order valence-corrected chi connectivity index (χ0v) is 16.0. The topological polar surface area (TPSA) is 75.3 Å². The summed E-state index contributed by atoms with van der Waals surface area (Å²) in [4.78, 5) is 13.3. The van der Waals surface area contributed by atoms with E-state index in [0.717, 1.165) is 32.2 Å². The molecule has 1 aromatic rings. The van der Waals surface area contributed by atoms with Crippen LogP contribution in [-0.4, -0.2) is 37.7 Å². The van der Waals surface area contributed by atoms with E-state index in [0.29, 0.717) is 23.9 Å². The van der Waals surface area contributed by atoms with E-state index in [1.807, 2.05) is 0 Å². The predicted octanol–water partition coefficient (Wildman–Crippen LogP) is 2.68. The predicted molar refractivity (Wildman–Crippen MR) is 98.5 cm³/mol. The van der Waals surface area contributed by atoms with Gasteiger partial charge >= 0.3 is 0 Å². The number of sulfone groups is 1. The van der Waals surface area contributed by atoms with Gasteiger partial charge in [-0.25, -0.2) is 8.42 Å². The number of piperidine rings is 1. The van der Waals surface area contributed by atoms with Gasteiger partial charge in [0.1, 0.15) is 0 Å². The van der Waals surface area contributed by atoms with Gasteiger partial charge in [0.15, 0.2) is 14.6 Å². The summed E-state index contributed by atoms with van der Waals surface area (Å²) < 4.78 is 25.2. The van der Waals surface area contributed by atoms with Gasteiger partial charge in [0.2, 0.25) is 5.91 Å². The number of halogens is 1. The fraction of sp³-hybridized carbons (Fsp3) is 0.611. The highest BCUT2D eigenvalue weighted by Crippen LogP contribution is 2.41. The van der Waals surface area contributed by atoms with Crippen molar-refractivity contribution in [3.63, 3.8) is 0 Å². The Hall–Kier alpha value is -1.11. The summed E-state index contributed by atoms with van der Waals surface area (Å²) in [5.41, 5.74) is 0. The second kappa shape index (κ2) is 7.25. The molecule has 25 heavy (non-hydrogen) atoms. The van der Waals surface area contributed by atoms with E-state index < -0.39 is 14.6 Å². The summed E-state index contributed by atoms with van der Waals surface area (Å²) in [7, 11) is -3.77. The molecule has 5 nitrogen and oxygen atoms in total. The summed E-state index contributed by atoms with van der Waals surface area (Å²) in [6.45, 7) is 2.91. The smallest absolute Gasteiger partial charge is 0.242 e. The monoisotopic (exact) mass is 384 g/mol. The molecule has 1 aromatic carbocycles. The molecule has 2 atom stereocenters. The molecule has 0 spiro atoms. The molecule has 1 saturated carbocycles. The molecule has 138 valence electrons. The average Bonchev–Trinajstić information content (AvgIpc) is 3.07. The molecule has 1 amide bonds. The van der Waals surface area contributed by atoms with Gasteiger partial charge in [0, 0.05) is 17.1 Å². The fourth-order valence-electron chi connectivity index (χ4n) is 3.98. The Kier molecular flexibility index (Phi) is 5.42. The average molecular weight is 385 g/mol. The first-order valence-electron chi connectivity index (χ1n) is 8.90. The van der Waals surface area contributed by atoms with Crippen LogP contribution in [0.15, 0.2) is 29.2 Å². The quantitative estimate of drug-likeness (QED) is 0.836. The molecule has 0 radical (unpaired) electrons. The zero-order chi connectivity index (χ0) is 18.1. The van der Waals surface area contributed by atoms with Crippen LogP contribution in [0.4, 0.5) is 0 Å². The molecule has 0 aromatic heterocycles. The molecule has 2 N–H and O–H groups in total. The van der Waals surface area contributed by atoms with Crippen LogP contribution < -0.4 is 10.6 Å². The van der Waals surface area contributed by atoms with Gasteiger partial charge in [-0.05, 0) is 63.4 Å². The first-order valence-corrected chi connectivity index (χ1v) is 10.8. The van der Waals surface area contributed by atoms with Crippen molar-refractivity contribution in [2.45, 2.75) is 67.2 Å². The van der Waals surface area contributed by atoms with E-state index in [1.165, 1.54) is 12.1 Å². The lowest BCUT2D eigenvalue weighted by molar-refractivity contribution is -0.124. The third-order valence-corrected chi connectivity index (χ3v) is 8.19. The van der Waals surface area contributed by atoms with Gasteiger partial charge in [-0.2, -0.15) is 0 Å². The van der Waals surface area contributed by atoms with E-state index in [-0.39, 0.29) is 16.8 Å². The number of carbonyl (C=O) groups excluding carboxylic acids is 1. The molecule has 1 aliphatic carbocycles. The number of benzene rings is 1. The Bertz CT molecular complexity index is 727. The van der Waals surface area contributed by atoms with Gasteiger partial charge in [-0.3, -0.25) is 4.79 Å². The molecule has 7 heteroatoms. The molecule has 1 aliphatic heterocycles. The summed E-state index contributed by atoms with van der Waals surface area (Å²) in [6.07, 6.45) is 3.91. The molecular weight excluding hydrogens is 360 g/mol. The van der Waals surface area contributed by atoms with E-state index in [2.05, 4.69) is 17.6 Å². The highest BCUT2D eigenvalue weighted by molar-refractivity contribution is 7.93. The van der Waals surface area contributed by atoms with E-state index in [1.54, 1.807) is 12.1 Å². The number of carbonyl (C=O) groups is 1. The fourth-order valence-corrected chi connectivity index (χ4v) is 6.18. The van der Waals surface area contributed by atoms with Crippen LogP contribution in [0.2, 0.25) is 5.02 Å². The van der Waals surface area contributed by atoms with Crippen LogP contribution >= 0.6 is 11.6 Å². The van der Waals surface area contributed by atoms with Crippen molar-refractivity contribution in [2.24, 2.45) is 0 Å². The number of rotatable bonds is 4. The van der Waals surface area contributed by atoms with E-state index >= 15 is 0 Å². The van der Waals surface area contributed by atoms with Gasteiger partial charge in [-0.1, -0.05) is 24.4 Å². The molecular formula is C18H25ClN2O3S. The third-order valence-electron chi connectivity index (χ3n) is 5.42. The van der Waals surface area contributed by atoms with Gasteiger partial charge in [-0.15, -0.1) is 0 Å². The minimum Gasteiger partial charge on any atom is -0.352 e. The Labute approximate surface area is 154 Å². The van der Waals surface area contributed by atoms with Gasteiger partial charge in [0.25, 0.3) is 0 Å². The molecule has 1 heterocycles. The van der Waals surface area contributed by atoms with Crippen molar-refractivity contribution in [2.75, 3.05) is 6.54 Å². The lowest BCUT2D eigenvalue weighted by Gasteiger charge is -2.33. The van der Waals surface area contributed by atoms with Crippen LogP contribution in [0.5, 0.6) is 0 Å². The first kappa shape index (κ1) is 18.7. The largest absolute Gasteiger partial charge is 0.352 e. The maximum Gasteiger partial charge on any atom is 0.242 e. The lowest BCUT2D eigenvalue weighted by Crippen LogP contribution is -2.55. The SMILES string of the molecule is C[C@@H]1C[C@@H](NC(=O)C2(S(=O)(=O)c3ccc(Cl)cc3)CCCC2)CCN1. The normalized spacial score (nSPS) is 26.3. The number of amides is 1.